The second kappa shape index (κ2) is 5.70. The van der Waals surface area contributed by atoms with E-state index < -0.39 is 4.92 Å². The van der Waals surface area contributed by atoms with Crippen LogP contribution in [0, 0.1) is 10.1 Å². The maximum Gasteiger partial charge on any atom is 0.295 e. The minimum absolute atomic E-state index is 0.0280. The van der Waals surface area contributed by atoms with Crippen LogP contribution < -0.4 is 5.32 Å². The van der Waals surface area contributed by atoms with Gasteiger partial charge in [0, 0.05) is 23.9 Å². The molecule has 7 heteroatoms. The van der Waals surface area contributed by atoms with E-state index in [4.69, 9.17) is 4.42 Å². The predicted octanol–water partition coefficient (Wildman–Crippen LogP) is 3.43. The van der Waals surface area contributed by atoms with Gasteiger partial charge < -0.3 is 9.73 Å². The molecule has 0 bridgehead atoms. The Morgan fingerprint density at radius 1 is 1.50 bits per heavy atom. The van der Waals surface area contributed by atoms with Crippen LogP contribution in [0.5, 0.6) is 0 Å². The van der Waals surface area contributed by atoms with Gasteiger partial charge in [-0.2, -0.15) is 16.7 Å². The Hall–Kier alpha value is -1.76. The van der Waals surface area contributed by atoms with Gasteiger partial charge in [-0.15, -0.1) is 0 Å². The third kappa shape index (κ3) is 2.87. The molecular formula is C13H15N3O3S. The van der Waals surface area contributed by atoms with Crippen LogP contribution in [0.4, 0.5) is 11.7 Å². The molecule has 1 atom stereocenters. The van der Waals surface area contributed by atoms with E-state index in [1.165, 1.54) is 37.1 Å². The number of hydrogen-bond acceptors (Lipinski definition) is 6. The Bertz CT molecular complexity index is 622. The van der Waals surface area contributed by atoms with Crippen molar-refractivity contribution in [1.82, 2.24) is 4.98 Å². The number of nitro groups is 1. The summed E-state index contributed by atoms with van der Waals surface area (Å²) in [5.74, 6) is 1.21. The average Bonchev–Trinajstić information content (AvgIpc) is 2.88. The first-order chi connectivity index (χ1) is 9.72. The maximum atomic E-state index is 10.7. The zero-order chi connectivity index (χ0) is 13.9. The summed E-state index contributed by atoms with van der Waals surface area (Å²) in [5.41, 5.74) is 1.10. The SMILES string of the molecule is O=[N+]([O-])c1ccc2oc(NCC3CCCCS3)nc2c1. The molecule has 2 heterocycles. The number of oxazole rings is 1. The Morgan fingerprint density at radius 2 is 2.40 bits per heavy atom. The number of aromatic nitrogens is 1. The highest BCUT2D eigenvalue weighted by atomic mass is 32.2. The van der Waals surface area contributed by atoms with Gasteiger partial charge in [-0.05, 0) is 24.7 Å². The monoisotopic (exact) mass is 293 g/mol. The van der Waals surface area contributed by atoms with Crippen molar-refractivity contribution < 1.29 is 9.34 Å². The van der Waals surface area contributed by atoms with Crippen molar-refractivity contribution in [3.05, 3.63) is 28.3 Å². The molecule has 0 spiro atoms. The van der Waals surface area contributed by atoms with Crippen molar-refractivity contribution in [3.8, 4) is 0 Å². The lowest BCUT2D eigenvalue weighted by molar-refractivity contribution is -0.384. The molecule has 1 aromatic heterocycles. The molecule has 0 aliphatic carbocycles. The van der Waals surface area contributed by atoms with Crippen molar-refractivity contribution in [3.63, 3.8) is 0 Å². The van der Waals surface area contributed by atoms with Gasteiger partial charge >= 0.3 is 0 Å². The molecule has 0 saturated carbocycles. The van der Waals surface area contributed by atoms with Crippen LogP contribution in [-0.2, 0) is 0 Å². The van der Waals surface area contributed by atoms with Gasteiger partial charge in [0.05, 0.1) is 4.92 Å². The molecule has 1 aliphatic rings. The topological polar surface area (TPSA) is 81.2 Å². The number of benzene rings is 1. The lowest BCUT2D eigenvalue weighted by Gasteiger charge is -2.20. The third-order valence-corrected chi connectivity index (χ3v) is 4.74. The van der Waals surface area contributed by atoms with Crippen LogP contribution >= 0.6 is 11.8 Å². The van der Waals surface area contributed by atoms with E-state index in [2.05, 4.69) is 10.3 Å². The summed E-state index contributed by atoms with van der Waals surface area (Å²) in [6.07, 6.45) is 3.79. The maximum absolute atomic E-state index is 10.7. The van der Waals surface area contributed by atoms with Crippen molar-refractivity contribution in [2.24, 2.45) is 0 Å². The van der Waals surface area contributed by atoms with Crippen LogP contribution in [0.25, 0.3) is 11.1 Å². The van der Waals surface area contributed by atoms with E-state index in [1.807, 2.05) is 11.8 Å². The second-order valence-corrected chi connectivity index (χ2v) is 6.21. The number of nitrogens with one attached hydrogen (secondary N) is 1. The molecule has 1 aliphatic heterocycles. The molecular weight excluding hydrogens is 278 g/mol. The lowest BCUT2D eigenvalue weighted by atomic mass is 10.2. The number of fused-ring (bicyclic) bond motifs is 1. The number of hydrogen-bond donors (Lipinski definition) is 1. The van der Waals surface area contributed by atoms with E-state index >= 15 is 0 Å². The fourth-order valence-corrected chi connectivity index (χ4v) is 3.51. The first kappa shape index (κ1) is 13.2. The third-order valence-electron chi connectivity index (χ3n) is 3.34. The van der Waals surface area contributed by atoms with E-state index in [1.54, 1.807) is 6.07 Å². The fourth-order valence-electron chi connectivity index (χ4n) is 2.27. The summed E-state index contributed by atoms with van der Waals surface area (Å²) < 4.78 is 5.54. The summed E-state index contributed by atoms with van der Waals surface area (Å²) in [5, 5.41) is 14.5. The van der Waals surface area contributed by atoms with E-state index in [0.29, 0.717) is 22.4 Å². The Labute approximate surface area is 120 Å². The molecule has 1 aromatic carbocycles. The van der Waals surface area contributed by atoms with Crippen LogP contribution in [-0.4, -0.2) is 27.5 Å². The fraction of sp³-hybridized carbons (Fsp3) is 0.462. The highest BCUT2D eigenvalue weighted by Crippen LogP contribution is 2.27. The minimum atomic E-state index is -0.431. The smallest absolute Gasteiger partial charge is 0.295 e. The summed E-state index contributed by atoms with van der Waals surface area (Å²) in [4.78, 5) is 14.5. The first-order valence-electron chi connectivity index (χ1n) is 6.63. The summed E-state index contributed by atoms with van der Waals surface area (Å²) in [6, 6.07) is 4.88. The highest BCUT2D eigenvalue weighted by molar-refractivity contribution is 7.99. The van der Waals surface area contributed by atoms with Gasteiger partial charge in [0.1, 0.15) is 5.52 Å². The molecule has 20 heavy (non-hydrogen) atoms. The van der Waals surface area contributed by atoms with Crippen molar-refractivity contribution in [1.29, 1.82) is 0 Å². The molecule has 3 rings (SSSR count). The molecule has 6 nitrogen and oxygen atoms in total. The zero-order valence-corrected chi connectivity index (χ0v) is 11.7. The van der Waals surface area contributed by atoms with Gasteiger partial charge in [-0.1, -0.05) is 6.42 Å². The standard InChI is InChI=1S/C13H15N3O3S/c17-16(18)9-4-5-12-11(7-9)15-13(19-12)14-8-10-3-1-2-6-20-10/h4-5,7,10H,1-3,6,8H2,(H,14,15). The van der Waals surface area contributed by atoms with Crippen LogP contribution in [0.15, 0.2) is 22.6 Å². The number of rotatable bonds is 4. The molecule has 0 amide bonds. The molecule has 1 fully saturated rings. The Balaban J connectivity index is 1.70. The molecule has 106 valence electrons. The number of nitro benzene ring substituents is 1. The Kier molecular flexibility index (Phi) is 3.77. The number of non-ortho nitro benzene ring substituents is 1. The highest BCUT2D eigenvalue weighted by Gasteiger charge is 2.15. The van der Waals surface area contributed by atoms with Gasteiger partial charge in [-0.3, -0.25) is 10.1 Å². The summed E-state index contributed by atoms with van der Waals surface area (Å²) in [7, 11) is 0. The summed E-state index contributed by atoms with van der Waals surface area (Å²) in [6.45, 7) is 0.819. The van der Waals surface area contributed by atoms with Crippen molar-refractivity contribution in [2.45, 2.75) is 24.5 Å². The number of nitrogens with zero attached hydrogens (tertiary/aromatic N) is 2. The van der Waals surface area contributed by atoms with Gasteiger partial charge in [0.2, 0.25) is 0 Å². The quantitative estimate of drug-likeness (QED) is 0.687. The average molecular weight is 293 g/mol. The minimum Gasteiger partial charge on any atom is -0.424 e. The first-order valence-corrected chi connectivity index (χ1v) is 7.68. The normalized spacial score (nSPS) is 19.1. The number of anilines is 1. The molecule has 0 radical (unpaired) electrons. The van der Waals surface area contributed by atoms with E-state index in [-0.39, 0.29) is 5.69 Å². The van der Waals surface area contributed by atoms with Crippen LogP contribution in [0.3, 0.4) is 0 Å². The molecule has 1 unspecified atom stereocenters. The second-order valence-electron chi connectivity index (χ2n) is 4.80. The lowest BCUT2D eigenvalue weighted by Crippen LogP contribution is -2.20. The molecule has 1 saturated heterocycles. The van der Waals surface area contributed by atoms with Gasteiger partial charge in [-0.25, -0.2) is 0 Å². The molecule has 2 aromatic rings. The largest absolute Gasteiger partial charge is 0.424 e. The van der Waals surface area contributed by atoms with Gasteiger partial charge in [0.25, 0.3) is 11.7 Å². The van der Waals surface area contributed by atoms with Crippen LogP contribution in [0.2, 0.25) is 0 Å². The van der Waals surface area contributed by atoms with Crippen molar-refractivity contribution >= 4 is 34.6 Å². The van der Waals surface area contributed by atoms with E-state index in [9.17, 15) is 10.1 Å². The molecule has 1 N–H and O–H groups in total. The predicted molar refractivity (Wildman–Crippen MR) is 79.3 cm³/mol. The van der Waals surface area contributed by atoms with Crippen LogP contribution in [0.1, 0.15) is 19.3 Å². The number of thioether (sulfide) groups is 1. The summed E-state index contributed by atoms with van der Waals surface area (Å²) >= 11 is 1.97. The van der Waals surface area contributed by atoms with Gasteiger partial charge in [0.15, 0.2) is 5.58 Å². The Morgan fingerprint density at radius 3 is 3.15 bits per heavy atom. The zero-order valence-electron chi connectivity index (χ0n) is 10.9. The van der Waals surface area contributed by atoms with E-state index in [0.717, 1.165) is 6.54 Å². The van der Waals surface area contributed by atoms with Crippen molar-refractivity contribution in [2.75, 3.05) is 17.6 Å².